The van der Waals surface area contributed by atoms with Crippen LogP contribution in [0.25, 0.3) is 11.1 Å². The van der Waals surface area contributed by atoms with E-state index in [0.717, 1.165) is 32.3 Å². The van der Waals surface area contributed by atoms with E-state index in [2.05, 4.69) is 40.2 Å². The summed E-state index contributed by atoms with van der Waals surface area (Å²) in [6.07, 6.45) is 0.410. The molecule has 0 spiro atoms. The van der Waals surface area contributed by atoms with Crippen LogP contribution in [0.4, 0.5) is 4.79 Å². The topological polar surface area (TPSA) is 66.8 Å². The van der Waals surface area contributed by atoms with Gasteiger partial charge < -0.3 is 9.84 Å². The van der Waals surface area contributed by atoms with Gasteiger partial charge in [0.25, 0.3) is 0 Å². The summed E-state index contributed by atoms with van der Waals surface area (Å²) in [5.74, 6) is -1.07. The molecule has 3 aromatic rings. The van der Waals surface area contributed by atoms with Crippen molar-refractivity contribution < 1.29 is 19.4 Å². The zero-order chi connectivity index (χ0) is 22.2. The lowest BCUT2D eigenvalue weighted by atomic mass is 9.98. The second-order valence-electron chi connectivity index (χ2n) is 8.21. The average molecular weight is 492 g/mol. The van der Waals surface area contributed by atoms with Crippen molar-refractivity contribution in [1.29, 1.82) is 0 Å². The fourth-order valence-corrected chi connectivity index (χ4v) is 5.25. The van der Waals surface area contributed by atoms with E-state index in [1.54, 1.807) is 0 Å². The predicted octanol–water partition coefficient (Wildman–Crippen LogP) is 5.99. The Balaban J connectivity index is 1.39. The van der Waals surface area contributed by atoms with E-state index in [9.17, 15) is 14.7 Å². The Labute approximate surface area is 194 Å². The third kappa shape index (κ3) is 3.58. The van der Waals surface area contributed by atoms with Gasteiger partial charge in [0, 0.05) is 10.4 Å². The van der Waals surface area contributed by atoms with Gasteiger partial charge in [-0.2, -0.15) is 0 Å². The van der Waals surface area contributed by atoms with Crippen LogP contribution >= 0.6 is 15.9 Å². The molecule has 0 radical (unpaired) electrons. The Bertz CT molecular complexity index is 1130. The van der Waals surface area contributed by atoms with Crippen LogP contribution in [0.5, 0.6) is 0 Å². The molecule has 1 fully saturated rings. The molecule has 1 aliphatic heterocycles. The standard InChI is InChI=1S/C26H22BrNO4/c27-17-11-9-16(10-12-17)23-13-14-24(25(29)30)28(23)26(31)32-15-22-20-7-3-1-5-18(20)19-6-2-4-8-21(19)22/h1-12,22-24H,13-15H2,(H,29,30)/t23-,24+/m0/s1. The summed E-state index contributed by atoms with van der Waals surface area (Å²) in [5, 5.41) is 9.72. The number of carbonyl (C=O) groups excluding carboxylic acids is 1. The Morgan fingerprint density at radius 2 is 1.50 bits per heavy atom. The molecule has 1 aliphatic carbocycles. The zero-order valence-electron chi connectivity index (χ0n) is 17.3. The van der Waals surface area contributed by atoms with Crippen LogP contribution < -0.4 is 0 Å². The quantitative estimate of drug-likeness (QED) is 0.486. The van der Waals surface area contributed by atoms with E-state index in [0.29, 0.717) is 12.8 Å². The maximum atomic E-state index is 13.2. The van der Waals surface area contributed by atoms with Gasteiger partial charge in [0.2, 0.25) is 0 Å². The van der Waals surface area contributed by atoms with E-state index in [-0.39, 0.29) is 18.6 Å². The third-order valence-electron chi connectivity index (χ3n) is 6.47. The van der Waals surface area contributed by atoms with Crippen molar-refractivity contribution in [2.24, 2.45) is 0 Å². The average Bonchev–Trinajstić information content (AvgIpc) is 3.38. The molecule has 5 rings (SSSR count). The maximum Gasteiger partial charge on any atom is 0.411 e. The molecule has 3 aromatic carbocycles. The summed E-state index contributed by atoms with van der Waals surface area (Å²) in [6.45, 7) is 0.169. The first-order valence-electron chi connectivity index (χ1n) is 10.7. The van der Waals surface area contributed by atoms with Crippen molar-refractivity contribution >= 4 is 28.0 Å². The summed E-state index contributed by atoms with van der Waals surface area (Å²) in [5.41, 5.74) is 5.47. The van der Waals surface area contributed by atoms with Crippen LogP contribution in [-0.2, 0) is 9.53 Å². The number of carboxylic acids is 1. The Morgan fingerprint density at radius 1 is 0.906 bits per heavy atom. The molecular weight excluding hydrogens is 470 g/mol. The molecule has 1 heterocycles. The van der Waals surface area contributed by atoms with Crippen molar-refractivity contribution in [3.8, 4) is 11.1 Å². The lowest BCUT2D eigenvalue weighted by molar-refractivity contribution is -0.142. The lowest BCUT2D eigenvalue weighted by Crippen LogP contribution is -2.42. The number of aliphatic carboxylic acids is 1. The molecule has 1 amide bonds. The smallest absolute Gasteiger partial charge is 0.411 e. The molecule has 6 heteroatoms. The minimum atomic E-state index is -1.00. The van der Waals surface area contributed by atoms with Crippen molar-refractivity contribution in [3.63, 3.8) is 0 Å². The van der Waals surface area contributed by atoms with E-state index >= 15 is 0 Å². The first kappa shape index (κ1) is 20.8. The van der Waals surface area contributed by atoms with E-state index in [1.165, 1.54) is 4.90 Å². The first-order chi connectivity index (χ1) is 15.5. The zero-order valence-corrected chi connectivity index (χ0v) is 18.9. The van der Waals surface area contributed by atoms with Crippen LogP contribution in [0, 0.1) is 0 Å². The van der Waals surface area contributed by atoms with Gasteiger partial charge in [-0.15, -0.1) is 0 Å². The molecule has 0 bridgehead atoms. The molecule has 2 aliphatic rings. The van der Waals surface area contributed by atoms with Crippen molar-refractivity contribution in [2.75, 3.05) is 6.61 Å². The van der Waals surface area contributed by atoms with Gasteiger partial charge in [-0.25, -0.2) is 9.59 Å². The number of fused-ring (bicyclic) bond motifs is 3. The second-order valence-corrected chi connectivity index (χ2v) is 9.13. The monoisotopic (exact) mass is 491 g/mol. The number of hydrogen-bond donors (Lipinski definition) is 1. The van der Waals surface area contributed by atoms with Gasteiger partial charge in [0.15, 0.2) is 0 Å². The molecular formula is C26H22BrNO4. The van der Waals surface area contributed by atoms with Crippen LogP contribution in [0.15, 0.2) is 77.3 Å². The van der Waals surface area contributed by atoms with Gasteiger partial charge >= 0.3 is 12.1 Å². The largest absolute Gasteiger partial charge is 0.480 e. The fourth-order valence-electron chi connectivity index (χ4n) is 4.99. The maximum absolute atomic E-state index is 13.2. The molecule has 32 heavy (non-hydrogen) atoms. The van der Waals surface area contributed by atoms with E-state index in [4.69, 9.17) is 4.74 Å². The summed E-state index contributed by atoms with van der Waals surface area (Å²) in [6, 6.07) is 22.7. The van der Waals surface area contributed by atoms with Crippen molar-refractivity contribution in [2.45, 2.75) is 30.8 Å². The van der Waals surface area contributed by atoms with Crippen LogP contribution in [0.2, 0.25) is 0 Å². The van der Waals surface area contributed by atoms with Gasteiger partial charge in [0.1, 0.15) is 12.6 Å². The highest BCUT2D eigenvalue weighted by atomic mass is 79.9. The number of carbonyl (C=O) groups is 2. The van der Waals surface area contributed by atoms with Gasteiger partial charge in [-0.1, -0.05) is 76.6 Å². The molecule has 162 valence electrons. The number of nitrogens with zero attached hydrogens (tertiary/aromatic N) is 1. The number of likely N-dealkylation sites (tertiary alicyclic amines) is 1. The molecule has 0 aromatic heterocycles. The first-order valence-corrected chi connectivity index (χ1v) is 11.5. The number of carboxylic acid groups (broad SMARTS) is 1. The second kappa shape index (κ2) is 8.43. The number of benzene rings is 3. The number of ether oxygens (including phenoxy) is 1. The van der Waals surface area contributed by atoms with Crippen molar-refractivity contribution in [3.05, 3.63) is 94.0 Å². The SMILES string of the molecule is O=C(O)[C@H]1CC[C@@H](c2ccc(Br)cc2)N1C(=O)OCC1c2ccccc2-c2ccccc21. The summed E-state index contributed by atoms with van der Waals surface area (Å²) in [4.78, 5) is 26.5. The minimum Gasteiger partial charge on any atom is -0.480 e. The van der Waals surface area contributed by atoms with Gasteiger partial charge in [-0.3, -0.25) is 4.90 Å². The lowest BCUT2D eigenvalue weighted by Gasteiger charge is -2.28. The van der Waals surface area contributed by atoms with Crippen LogP contribution in [0.1, 0.15) is 41.5 Å². The van der Waals surface area contributed by atoms with Crippen LogP contribution in [-0.4, -0.2) is 34.7 Å². The fraction of sp³-hybridized carbons (Fsp3) is 0.231. The van der Waals surface area contributed by atoms with Crippen LogP contribution in [0.3, 0.4) is 0 Å². The Morgan fingerprint density at radius 3 is 2.09 bits per heavy atom. The Kier molecular flexibility index (Phi) is 5.47. The predicted molar refractivity (Wildman–Crippen MR) is 124 cm³/mol. The normalized spacial score (nSPS) is 19.5. The van der Waals surface area contributed by atoms with E-state index in [1.807, 2.05) is 48.5 Å². The summed E-state index contributed by atoms with van der Waals surface area (Å²) < 4.78 is 6.73. The van der Waals surface area contributed by atoms with Crippen molar-refractivity contribution in [1.82, 2.24) is 4.90 Å². The van der Waals surface area contributed by atoms with Gasteiger partial charge in [0.05, 0.1) is 6.04 Å². The highest BCUT2D eigenvalue weighted by Gasteiger charge is 2.43. The molecule has 1 N–H and O–H groups in total. The summed E-state index contributed by atoms with van der Waals surface area (Å²) in [7, 11) is 0. The number of amides is 1. The highest BCUT2D eigenvalue weighted by molar-refractivity contribution is 9.10. The number of hydrogen-bond acceptors (Lipinski definition) is 3. The molecule has 2 atom stereocenters. The number of rotatable bonds is 4. The van der Waals surface area contributed by atoms with E-state index < -0.39 is 18.1 Å². The Hall–Kier alpha value is -3.12. The minimum absolute atomic E-state index is 0.0663. The highest BCUT2D eigenvalue weighted by Crippen LogP contribution is 2.45. The molecule has 0 saturated carbocycles. The summed E-state index contributed by atoms with van der Waals surface area (Å²) >= 11 is 3.42. The number of halogens is 1. The molecule has 0 unspecified atom stereocenters. The molecule has 5 nitrogen and oxygen atoms in total. The molecule has 1 saturated heterocycles. The third-order valence-corrected chi connectivity index (χ3v) is 7.00. The van der Waals surface area contributed by atoms with Gasteiger partial charge in [-0.05, 0) is 52.8 Å².